The number of aliphatic hydroxyl groups is 1. The highest BCUT2D eigenvalue weighted by Crippen LogP contribution is 2.31. The van der Waals surface area contributed by atoms with Crippen LogP contribution < -0.4 is 5.32 Å². The number of hydrogen-bond acceptors (Lipinski definition) is 2. The van der Waals surface area contributed by atoms with E-state index >= 15 is 0 Å². The van der Waals surface area contributed by atoms with E-state index in [4.69, 9.17) is 0 Å². The van der Waals surface area contributed by atoms with E-state index < -0.39 is 23.9 Å². The average Bonchev–Trinajstić information content (AvgIpc) is 2.52. The largest absolute Gasteiger partial charge is 0.416 e. The molecule has 0 aliphatic carbocycles. The third-order valence-electron chi connectivity index (χ3n) is 3.28. The minimum Gasteiger partial charge on any atom is -0.387 e. The van der Waals surface area contributed by atoms with Crippen molar-refractivity contribution in [2.75, 3.05) is 5.32 Å². The number of alkyl halides is 3. The molecule has 2 nitrogen and oxygen atoms in total. The summed E-state index contributed by atoms with van der Waals surface area (Å²) in [7, 11) is 0. The molecule has 0 saturated carbocycles. The van der Waals surface area contributed by atoms with Gasteiger partial charge in [0.25, 0.3) is 0 Å². The van der Waals surface area contributed by atoms with Crippen molar-refractivity contribution in [3.8, 4) is 0 Å². The van der Waals surface area contributed by atoms with Gasteiger partial charge < -0.3 is 10.4 Å². The van der Waals surface area contributed by atoms with Gasteiger partial charge >= 0.3 is 6.18 Å². The lowest BCUT2D eigenvalue weighted by molar-refractivity contribution is -0.137. The SMILES string of the molecule is C=CC(O)C(Nc1ccc(C(F)(F)F)cc1)c1ccccc1. The van der Waals surface area contributed by atoms with Crippen LogP contribution in [0.15, 0.2) is 67.3 Å². The molecule has 116 valence electrons. The van der Waals surface area contributed by atoms with Crippen LogP contribution in [-0.4, -0.2) is 11.2 Å². The highest BCUT2D eigenvalue weighted by Gasteiger charge is 2.30. The molecule has 0 fully saturated rings. The zero-order valence-electron chi connectivity index (χ0n) is 11.7. The maximum Gasteiger partial charge on any atom is 0.416 e. The minimum atomic E-state index is -4.36. The van der Waals surface area contributed by atoms with Crippen molar-refractivity contribution in [3.05, 3.63) is 78.4 Å². The molecule has 0 bridgehead atoms. The van der Waals surface area contributed by atoms with Crippen LogP contribution in [0.5, 0.6) is 0 Å². The van der Waals surface area contributed by atoms with Crippen molar-refractivity contribution in [1.29, 1.82) is 0 Å². The molecule has 0 aliphatic heterocycles. The van der Waals surface area contributed by atoms with Crippen molar-refractivity contribution in [2.45, 2.75) is 18.3 Å². The number of halogens is 3. The molecule has 22 heavy (non-hydrogen) atoms. The standard InChI is InChI=1S/C17H16F3NO/c1-2-15(22)16(12-6-4-3-5-7-12)21-14-10-8-13(9-11-14)17(18,19)20/h2-11,15-16,21-22H,1H2. The van der Waals surface area contributed by atoms with E-state index in [1.807, 2.05) is 30.3 Å². The molecule has 5 heteroatoms. The lowest BCUT2D eigenvalue weighted by Gasteiger charge is -2.23. The Hall–Kier alpha value is -2.27. The monoisotopic (exact) mass is 307 g/mol. The predicted octanol–water partition coefficient (Wildman–Crippen LogP) is 4.41. The van der Waals surface area contributed by atoms with Crippen molar-refractivity contribution < 1.29 is 18.3 Å². The quantitative estimate of drug-likeness (QED) is 0.802. The Morgan fingerprint density at radius 2 is 1.59 bits per heavy atom. The Bertz CT molecular complexity index is 608. The van der Waals surface area contributed by atoms with Crippen molar-refractivity contribution in [3.63, 3.8) is 0 Å². The first-order chi connectivity index (χ1) is 10.4. The van der Waals surface area contributed by atoms with Gasteiger partial charge in [-0.25, -0.2) is 0 Å². The summed E-state index contributed by atoms with van der Waals surface area (Å²) in [5, 5.41) is 13.1. The maximum atomic E-state index is 12.6. The summed E-state index contributed by atoms with van der Waals surface area (Å²) < 4.78 is 37.7. The minimum absolute atomic E-state index is 0.489. The average molecular weight is 307 g/mol. The molecule has 0 saturated heterocycles. The third-order valence-corrected chi connectivity index (χ3v) is 3.28. The molecule has 0 aromatic heterocycles. The van der Waals surface area contributed by atoms with Gasteiger partial charge in [0, 0.05) is 5.69 Å². The fraction of sp³-hybridized carbons (Fsp3) is 0.176. The number of rotatable bonds is 5. The molecule has 2 rings (SSSR count). The molecule has 0 heterocycles. The second-order valence-corrected chi connectivity index (χ2v) is 4.83. The number of anilines is 1. The van der Waals surface area contributed by atoms with Crippen LogP contribution in [0.25, 0.3) is 0 Å². The van der Waals surface area contributed by atoms with Gasteiger partial charge in [-0.1, -0.05) is 36.4 Å². The van der Waals surface area contributed by atoms with E-state index in [2.05, 4.69) is 11.9 Å². The van der Waals surface area contributed by atoms with Crippen molar-refractivity contribution in [2.24, 2.45) is 0 Å². The van der Waals surface area contributed by atoms with Crippen LogP contribution >= 0.6 is 0 Å². The topological polar surface area (TPSA) is 32.3 Å². The van der Waals surface area contributed by atoms with E-state index in [-0.39, 0.29) is 0 Å². The summed E-state index contributed by atoms with van der Waals surface area (Å²) in [6.07, 6.45) is -3.85. The van der Waals surface area contributed by atoms with E-state index in [1.165, 1.54) is 18.2 Å². The second kappa shape index (κ2) is 6.66. The molecule has 2 atom stereocenters. The van der Waals surface area contributed by atoms with Gasteiger partial charge in [-0.3, -0.25) is 0 Å². The summed E-state index contributed by atoms with van der Waals surface area (Å²) in [6.45, 7) is 3.56. The van der Waals surface area contributed by atoms with Gasteiger partial charge in [-0.15, -0.1) is 6.58 Å². The van der Waals surface area contributed by atoms with Gasteiger partial charge in [0.1, 0.15) is 0 Å². The van der Waals surface area contributed by atoms with E-state index in [0.29, 0.717) is 5.69 Å². The van der Waals surface area contributed by atoms with Gasteiger partial charge in [-0.2, -0.15) is 13.2 Å². The number of hydrogen-bond donors (Lipinski definition) is 2. The smallest absolute Gasteiger partial charge is 0.387 e. The zero-order chi connectivity index (χ0) is 16.2. The van der Waals surface area contributed by atoms with Gasteiger partial charge in [0.2, 0.25) is 0 Å². The first kappa shape index (κ1) is 16.1. The second-order valence-electron chi connectivity index (χ2n) is 4.83. The fourth-order valence-corrected chi connectivity index (χ4v) is 2.10. The Kier molecular flexibility index (Phi) is 4.88. The summed E-state index contributed by atoms with van der Waals surface area (Å²) in [5.41, 5.74) is 0.594. The van der Waals surface area contributed by atoms with Crippen LogP contribution in [0, 0.1) is 0 Å². The molecule has 0 radical (unpaired) electrons. The highest BCUT2D eigenvalue weighted by atomic mass is 19.4. The first-order valence-electron chi connectivity index (χ1n) is 6.71. The molecule has 2 N–H and O–H groups in total. The number of aliphatic hydroxyl groups excluding tert-OH is 1. The maximum absolute atomic E-state index is 12.6. The molecule has 0 spiro atoms. The Labute approximate surface area is 126 Å². The van der Waals surface area contributed by atoms with Crippen molar-refractivity contribution >= 4 is 5.69 Å². The molecular formula is C17H16F3NO. The fourth-order valence-electron chi connectivity index (χ4n) is 2.10. The molecule has 2 aromatic rings. The Morgan fingerprint density at radius 1 is 1.00 bits per heavy atom. The summed E-state index contributed by atoms with van der Waals surface area (Å²) in [4.78, 5) is 0. The Balaban J connectivity index is 2.23. The van der Waals surface area contributed by atoms with Crippen LogP contribution in [0.2, 0.25) is 0 Å². The van der Waals surface area contributed by atoms with Gasteiger partial charge in [0.15, 0.2) is 0 Å². The van der Waals surface area contributed by atoms with Gasteiger partial charge in [0.05, 0.1) is 17.7 Å². The van der Waals surface area contributed by atoms with Crippen LogP contribution in [0.3, 0.4) is 0 Å². The molecule has 2 aromatic carbocycles. The van der Waals surface area contributed by atoms with Crippen LogP contribution in [0.1, 0.15) is 17.2 Å². The Morgan fingerprint density at radius 3 is 2.09 bits per heavy atom. The summed E-state index contributed by atoms with van der Waals surface area (Å²) >= 11 is 0. The zero-order valence-corrected chi connectivity index (χ0v) is 11.7. The lowest BCUT2D eigenvalue weighted by atomic mass is 10.0. The highest BCUT2D eigenvalue weighted by molar-refractivity contribution is 5.48. The third kappa shape index (κ3) is 3.89. The molecule has 0 amide bonds. The molecule has 2 unspecified atom stereocenters. The normalized spacial score (nSPS) is 14.2. The predicted molar refractivity (Wildman–Crippen MR) is 80.5 cm³/mol. The number of nitrogens with one attached hydrogen (secondary N) is 1. The van der Waals surface area contributed by atoms with E-state index in [1.54, 1.807) is 0 Å². The van der Waals surface area contributed by atoms with E-state index in [0.717, 1.165) is 17.7 Å². The summed E-state index contributed by atoms with van der Waals surface area (Å²) in [5.74, 6) is 0. The van der Waals surface area contributed by atoms with Gasteiger partial charge in [-0.05, 0) is 29.8 Å². The molecular weight excluding hydrogens is 291 g/mol. The first-order valence-corrected chi connectivity index (χ1v) is 6.71. The summed E-state index contributed by atoms with van der Waals surface area (Å²) in [6, 6.07) is 13.4. The molecule has 0 aliphatic rings. The van der Waals surface area contributed by atoms with Crippen molar-refractivity contribution in [1.82, 2.24) is 0 Å². The van der Waals surface area contributed by atoms with Crippen LogP contribution in [0.4, 0.5) is 18.9 Å². The number of benzene rings is 2. The van der Waals surface area contributed by atoms with E-state index in [9.17, 15) is 18.3 Å². The van der Waals surface area contributed by atoms with Crippen LogP contribution in [-0.2, 0) is 6.18 Å². The lowest BCUT2D eigenvalue weighted by Crippen LogP contribution is -2.23.